The zero-order valence-corrected chi connectivity index (χ0v) is 16.5. The Morgan fingerprint density at radius 1 is 1.19 bits per heavy atom. The van der Waals surface area contributed by atoms with Crippen LogP contribution in [0.15, 0.2) is 41.8 Å². The molecule has 0 fully saturated rings. The van der Waals surface area contributed by atoms with Gasteiger partial charge in [0.2, 0.25) is 10.0 Å². The number of hydrogen-bond acceptors (Lipinski definition) is 6. The number of hydrogen-bond donors (Lipinski definition) is 2. The van der Waals surface area contributed by atoms with Crippen LogP contribution in [0, 0.1) is 6.92 Å². The lowest BCUT2D eigenvalue weighted by Gasteiger charge is -2.09. The predicted octanol–water partition coefficient (Wildman–Crippen LogP) is 0.579. The van der Waals surface area contributed by atoms with Crippen molar-refractivity contribution in [1.29, 1.82) is 0 Å². The number of pyridine rings is 1. The third kappa shape index (κ3) is 4.46. The van der Waals surface area contributed by atoms with Crippen LogP contribution in [-0.2, 0) is 26.6 Å². The molecule has 12 heteroatoms. The third-order valence-electron chi connectivity index (χ3n) is 3.91. The second-order valence-electron chi connectivity index (χ2n) is 5.85. The molecule has 0 atom stereocenters. The van der Waals surface area contributed by atoms with E-state index in [1.807, 2.05) is 6.92 Å². The normalized spacial score (nSPS) is 12.5. The van der Waals surface area contributed by atoms with Crippen LogP contribution in [0.1, 0.15) is 12.7 Å². The largest absolute Gasteiger partial charge is 0.334 e. The van der Waals surface area contributed by atoms with Crippen molar-refractivity contribution in [2.75, 3.05) is 17.0 Å². The zero-order chi connectivity index (χ0) is 19.7. The molecule has 0 amide bonds. The van der Waals surface area contributed by atoms with Gasteiger partial charge in [-0.2, -0.15) is 5.10 Å². The van der Waals surface area contributed by atoms with Gasteiger partial charge < -0.3 is 4.57 Å². The minimum Gasteiger partial charge on any atom is -0.334 e. The number of anilines is 1. The second kappa shape index (κ2) is 7.29. The van der Waals surface area contributed by atoms with Crippen molar-refractivity contribution in [2.45, 2.75) is 25.4 Å². The molecule has 0 unspecified atom stereocenters. The lowest BCUT2D eigenvalue weighted by atomic mass is 10.4. The van der Waals surface area contributed by atoms with Crippen LogP contribution in [-0.4, -0.2) is 48.3 Å². The summed E-state index contributed by atoms with van der Waals surface area (Å²) < 4.78 is 56.9. The Hall–Kier alpha value is -2.44. The van der Waals surface area contributed by atoms with Gasteiger partial charge in [0.05, 0.1) is 17.0 Å². The summed E-state index contributed by atoms with van der Waals surface area (Å²) in [6, 6.07) is 4.94. The Balaban J connectivity index is 1.62. The Labute approximate surface area is 157 Å². The average molecular weight is 412 g/mol. The minimum atomic E-state index is -3.87. The number of nitrogens with zero attached hydrogens (tertiary/aromatic N) is 4. The van der Waals surface area contributed by atoms with Gasteiger partial charge in [-0.15, -0.1) is 0 Å². The monoisotopic (exact) mass is 412 g/mol. The van der Waals surface area contributed by atoms with Gasteiger partial charge in [-0.3, -0.25) is 4.72 Å². The van der Waals surface area contributed by atoms with E-state index in [2.05, 4.69) is 19.5 Å². The first-order chi connectivity index (χ1) is 12.7. The summed E-state index contributed by atoms with van der Waals surface area (Å²) >= 11 is 0. The molecular weight excluding hydrogens is 392 g/mol. The van der Waals surface area contributed by atoms with Crippen molar-refractivity contribution in [1.82, 2.24) is 23.9 Å². The molecular formula is C15H20N6O4S2. The summed E-state index contributed by atoms with van der Waals surface area (Å²) in [7, 11) is -7.61. The van der Waals surface area contributed by atoms with Gasteiger partial charge in [0, 0.05) is 31.7 Å². The lowest BCUT2D eigenvalue weighted by molar-refractivity contribution is 0.578. The number of sulfonamides is 2. The fourth-order valence-corrected chi connectivity index (χ4v) is 4.65. The van der Waals surface area contributed by atoms with E-state index in [9.17, 15) is 16.8 Å². The Bertz CT molecular complexity index is 1160. The quantitative estimate of drug-likeness (QED) is 0.557. The fraction of sp³-hybridized carbons (Fsp3) is 0.333. The number of aryl methyl sites for hydroxylation is 2. The maximum atomic E-state index is 12.3. The van der Waals surface area contributed by atoms with Gasteiger partial charge in [-0.1, -0.05) is 0 Å². The number of rotatable bonds is 8. The molecule has 0 aliphatic rings. The maximum Gasteiger partial charge on any atom is 0.259 e. The van der Waals surface area contributed by atoms with E-state index < -0.39 is 25.8 Å². The highest BCUT2D eigenvalue weighted by molar-refractivity contribution is 7.92. The number of imidazole rings is 1. The molecule has 0 aromatic carbocycles. The van der Waals surface area contributed by atoms with E-state index >= 15 is 0 Å². The molecule has 0 spiro atoms. The summed E-state index contributed by atoms with van der Waals surface area (Å²) in [5, 5.41) is 3.90. The van der Waals surface area contributed by atoms with E-state index in [1.165, 1.54) is 6.20 Å². The Morgan fingerprint density at radius 2 is 1.96 bits per heavy atom. The van der Waals surface area contributed by atoms with Crippen LogP contribution in [0.4, 0.5) is 5.69 Å². The van der Waals surface area contributed by atoms with Crippen molar-refractivity contribution in [2.24, 2.45) is 0 Å². The summed E-state index contributed by atoms with van der Waals surface area (Å²) in [5.74, 6) is 0.159. The lowest BCUT2D eigenvalue weighted by Crippen LogP contribution is -2.31. The van der Waals surface area contributed by atoms with E-state index in [0.717, 1.165) is 5.52 Å². The van der Waals surface area contributed by atoms with Crippen molar-refractivity contribution in [3.8, 4) is 0 Å². The number of nitrogens with one attached hydrogen (secondary N) is 2. The van der Waals surface area contributed by atoms with Crippen molar-refractivity contribution in [3.63, 3.8) is 0 Å². The minimum absolute atomic E-state index is 0.126. The molecule has 0 aliphatic heterocycles. The summed E-state index contributed by atoms with van der Waals surface area (Å²) in [6.07, 6.45) is 4.65. The molecule has 27 heavy (non-hydrogen) atoms. The highest BCUT2D eigenvalue weighted by Gasteiger charge is 2.20. The highest BCUT2D eigenvalue weighted by Crippen LogP contribution is 2.13. The van der Waals surface area contributed by atoms with E-state index in [4.69, 9.17) is 0 Å². The van der Waals surface area contributed by atoms with E-state index in [-0.39, 0.29) is 11.6 Å². The molecule has 0 radical (unpaired) electrons. The summed E-state index contributed by atoms with van der Waals surface area (Å²) in [6.45, 7) is 3.89. The Morgan fingerprint density at radius 3 is 2.67 bits per heavy atom. The van der Waals surface area contributed by atoms with Crippen LogP contribution in [0.2, 0.25) is 0 Å². The van der Waals surface area contributed by atoms with Gasteiger partial charge in [0.25, 0.3) is 10.0 Å². The first-order valence-electron chi connectivity index (χ1n) is 8.17. The molecule has 0 aliphatic carbocycles. The van der Waals surface area contributed by atoms with Gasteiger partial charge in [0.1, 0.15) is 5.82 Å². The molecule has 146 valence electrons. The van der Waals surface area contributed by atoms with Gasteiger partial charge >= 0.3 is 0 Å². The van der Waals surface area contributed by atoms with Crippen LogP contribution in [0.25, 0.3) is 5.52 Å². The van der Waals surface area contributed by atoms with Crippen molar-refractivity contribution < 1.29 is 16.8 Å². The van der Waals surface area contributed by atoms with Crippen LogP contribution >= 0.6 is 0 Å². The number of aromatic nitrogens is 4. The zero-order valence-electron chi connectivity index (χ0n) is 14.8. The standard InChI is InChI=1S/C15H20N6O4S2/c1-3-20-11-15(18-12(20)2)27(24,25)17-7-9-26(22,23)19-13-5-8-21-14(10-13)4-6-16-21/h4-6,8,10-11,17,19H,3,7,9H2,1-2H3. The van der Waals surface area contributed by atoms with Crippen molar-refractivity contribution >= 4 is 31.3 Å². The van der Waals surface area contributed by atoms with Crippen LogP contribution in [0.3, 0.4) is 0 Å². The average Bonchev–Trinajstić information content (AvgIpc) is 3.19. The first-order valence-corrected chi connectivity index (χ1v) is 11.3. The molecule has 3 rings (SSSR count). The SMILES string of the molecule is CCn1cc(S(=O)(=O)NCCS(=O)(=O)Nc2ccn3nccc3c2)nc1C. The van der Waals surface area contributed by atoms with Gasteiger partial charge in [-0.05, 0) is 32.0 Å². The van der Waals surface area contributed by atoms with Crippen molar-refractivity contribution in [3.05, 3.63) is 42.6 Å². The molecule has 2 N–H and O–H groups in total. The topological polar surface area (TPSA) is 127 Å². The fourth-order valence-electron chi connectivity index (χ4n) is 2.53. The van der Waals surface area contributed by atoms with E-state index in [1.54, 1.807) is 46.6 Å². The molecule has 3 aromatic heterocycles. The Kier molecular flexibility index (Phi) is 5.22. The maximum absolute atomic E-state index is 12.3. The molecule has 3 heterocycles. The highest BCUT2D eigenvalue weighted by atomic mass is 32.2. The smallest absolute Gasteiger partial charge is 0.259 e. The predicted molar refractivity (Wildman–Crippen MR) is 100 cm³/mol. The second-order valence-corrected chi connectivity index (χ2v) is 9.40. The summed E-state index contributed by atoms with van der Waals surface area (Å²) in [5.41, 5.74) is 1.11. The molecule has 0 saturated carbocycles. The summed E-state index contributed by atoms with van der Waals surface area (Å²) in [4.78, 5) is 4.00. The number of fused-ring (bicyclic) bond motifs is 1. The molecule has 0 bridgehead atoms. The van der Waals surface area contributed by atoms with Crippen LogP contribution < -0.4 is 9.44 Å². The van der Waals surface area contributed by atoms with Gasteiger partial charge in [0.15, 0.2) is 5.03 Å². The van der Waals surface area contributed by atoms with Crippen LogP contribution in [0.5, 0.6) is 0 Å². The van der Waals surface area contributed by atoms with Gasteiger partial charge in [-0.25, -0.2) is 31.1 Å². The molecule has 3 aromatic rings. The van der Waals surface area contributed by atoms with E-state index in [0.29, 0.717) is 18.1 Å². The third-order valence-corrected chi connectivity index (χ3v) is 6.53. The molecule has 0 saturated heterocycles. The molecule has 10 nitrogen and oxygen atoms in total. The first kappa shape index (κ1) is 19.3.